The van der Waals surface area contributed by atoms with Crippen LogP contribution < -0.4 is 9.47 Å². The van der Waals surface area contributed by atoms with Gasteiger partial charge in [0.1, 0.15) is 13.2 Å². The Morgan fingerprint density at radius 2 is 1.85 bits per heavy atom. The zero-order valence-corrected chi connectivity index (χ0v) is 20.4. The molecular formula is C25H25ClN2O5S. The maximum Gasteiger partial charge on any atom is 0.294 e. The van der Waals surface area contributed by atoms with Crippen molar-refractivity contribution in [3.63, 3.8) is 0 Å². The van der Waals surface area contributed by atoms with E-state index < -0.39 is 11.1 Å². The summed E-state index contributed by atoms with van der Waals surface area (Å²) < 4.78 is 11.5. The Labute approximate surface area is 207 Å². The Morgan fingerprint density at radius 1 is 1.09 bits per heavy atom. The fourth-order valence-corrected chi connectivity index (χ4v) is 4.90. The van der Waals surface area contributed by atoms with Crippen LogP contribution in [0.25, 0.3) is 6.08 Å². The number of halogens is 1. The van der Waals surface area contributed by atoms with Crippen LogP contribution in [0.2, 0.25) is 5.02 Å². The van der Waals surface area contributed by atoms with Crippen LogP contribution in [-0.4, -0.2) is 53.6 Å². The number of carbonyl (C=O) groups is 3. The summed E-state index contributed by atoms with van der Waals surface area (Å²) >= 11 is 7.06. The molecule has 0 spiro atoms. The van der Waals surface area contributed by atoms with Crippen molar-refractivity contribution in [1.29, 1.82) is 0 Å². The van der Waals surface area contributed by atoms with Gasteiger partial charge in [-0.05, 0) is 49.2 Å². The van der Waals surface area contributed by atoms with Crippen LogP contribution in [0, 0.1) is 0 Å². The molecule has 0 N–H and O–H groups in total. The summed E-state index contributed by atoms with van der Waals surface area (Å²) in [7, 11) is 1.53. The van der Waals surface area contributed by atoms with Crippen LogP contribution in [0.3, 0.4) is 0 Å². The third-order valence-electron chi connectivity index (χ3n) is 5.72. The van der Waals surface area contributed by atoms with Gasteiger partial charge in [-0.25, -0.2) is 0 Å². The molecule has 0 radical (unpaired) electrons. The molecule has 2 aliphatic heterocycles. The summed E-state index contributed by atoms with van der Waals surface area (Å²) in [6.45, 7) is 1.30. The second-order valence-electron chi connectivity index (χ2n) is 7.97. The first-order chi connectivity index (χ1) is 16.5. The van der Waals surface area contributed by atoms with E-state index in [4.69, 9.17) is 21.1 Å². The van der Waals surface area contributed by atoms with Gasteiger partial charge >= 0.3 is 0 Å². The van der Waals surface area contributed by atoms with Gasteiger partial charge in [0.05, 0.1) is 12.0 Å². The molecule has 0 bridgehead atoms. The van der Waals surface area contributed by atoms with E-state index >= 15 is 0 Å². The number of carbonyl (C=O) groups excluding carboxylic acids is 3. The molecule has 0 unspecified atom stereocenters. The number of ether oxygens (including phenoxy) is 2. The molecule has 7 nitrogen and oxygen atoms in total. The highest BCUT2D eigenvalue weighted by molar-refractivity contribution is 8.18. The van der Waals surface area contributed by atoms with Crippen molar-refractivity contribution >= 4 is 46.5 Å². The topological polar surface area (TPSA) is 76.2 Å². The summed E-state index contributed by atoms with van der Waals surface area (Å²) in [5.41, 5.74) is 1.39. The minimum absolute atomic E-state index is 0.201. The molecular weight excluding hydrogens is 476 g/mol. The smallest absolute Gasteiger partial charge is 0.294 e. The maximum atomic E-state index is 13.0. The molecule has 0 aliphatic carbocycles. The Morgan fingerprint density at radius 3 is 2.59 bits per heavy atom. The Kier molecular flexibility index (Phi) is 7.80. The first-order valence-electron chi connectivity index (χ1n) is 11.0. The van der Waals surface area contributed by atoms with Gasteiger partial charge < -0.3 is 14.4 Å². The molecule has 2 heterocycles. The van der Waals surface area contributed by atoms with Gasteiger partial charge in [-0.2, -0.15) is 0 Å². The minimum atomic E-state index is -0.486. The zero-order chi connectivity index (χ0) is 24.1. The maximum absolute atomic E-state index is 13.0. The summed E-state index contributed by atoms with van der Waals surface area (Å²) in [6.07, 6.45) is 4.58. The lowest BCUT2D eigenvalue weighted by molar-refractivity contribution is -0.136. The quantitative estimate of drug-likeness (QED) is 0.499. The van der Waals surface area contributed by atoms with E-state index in [1.54, 1.807) is 35.2 Å². The van der Waals surface area contributed by atoms with E-state index in [0.29, 0.717) is 35.2 Å². The van der Waals surface area contributed by atoms with Gasteiger partial charge in [0, 0.05) is 29.2 Å². The van der Waals surface area contributed by atoms with Gasteiger partial charge in [-0.3, -0.25) is 19.3 Å². The molecule has 34 heavy (non-hydrogen) atoms. The summed E-state index contributed by atoms with van der Waals surface area (Å²) in [6, 6.07) is 12.7. The van der Waals surface area contributed by atoms with E-state index in [0.717, 1.165) is 41.5 Å². The molecule has 178 valence electrons. The lowest BCUT2D eigenvalue weighted by atomic mass is 10.1. The average Bonchev–Trinajstić information content (AvgIpc) is 3.11. The number of nitrogens with zero attached hydrogens (tertiary/aromatic N) is 2. The van der Waals surface area contributed by atoms with E-state index in [2.05, 4.69) is 0 Å². The summed E-state index contributed by atoms with van der Waals surface area (Å²) in [4.78, 5) is 41.1. The first-order valence-corrected chi connectivity index (χ1v) is 12.2. The molecule has 0 saturated carbocycles. The van der Waals surface area contributed by atoms with Crippen molar-refractivity contribution in [2.24, 2.45) is 0 Å². The molecule has 2 saturated heterocycles. The lowest BCUT2D eigenvalue weighted by Crippen LogP contribution is -2.44. The highest BCUT2D eigenvalue weighted by Gasteiger charge is 2.37. The normalized spacial score (nSPS) is 17.4. The standard InChI is InChI=1S/C25H25ClN2O5S/c1-32-20-11-7-9-17(23(20)33-16-18-8-3-4-10-19(18)26)14-21-24(30)28(25(31)34-21)15-22(29)27-12-5-2-6-13-27/h3-4,7-11,14H,2,5-6,12-13,15-16H2,1H3/b21-14-. The Balaban J connectivity index is 1.53. The van der Waals surface area contributed by atoms with E-state index in [1.807, 2.05) is 18.2 Å². The van der Waals surface area contributed by atoms with Crippen molar-refractivity contribution in [3.05, 3.63) is 63.5 Å². The van der Waals surface area contributed by atoms with Crippen molar-refractivity contribution in [2.45, 2.75) is 25.9 Å². The van der Waals surface area contributed by atoms with Crippen molar-refractivity contribution in [3.8, 4) is 11.5 Å². The van der Waals surface area contributed by atoms with Gasteiger partial charge in [0.15, 0.2) is 11.5 Å². The van der Waals surface area contributed by atoms with Crippen molar-refractivity contribution in [1.82, 2.24) is 9.80 Å². The number of imide groups is 1. The average molecular weight is 501 g/mol. The lowest BCUT2D eigenvalue weighted by Gasteiger charge is -2.27. The van der Waals surface area contributed by atoms with Crippen LogP contribution in [0.5, 0.6) is 11.5 Å². The molecule has 3 amide bonds. The number of para-hydroxylation sites is 1. The van der Waals surface area contributed by atoms with E-state index in [-0.39, 0.29) is 24.0 Å². The van der Waals surface area contributed by atoms with Crippen LogP contribution in [-0.2, 0) is 16.2 Å². The Hall–Kier alpha value is -2.97. The predicted molar refractivity (Wildman–Crippen MR) is 132 cm³/mol. The van der Waals surface area contributed by atoms with Crippen LogP contribution in [0.1, 0.15) is 30.4 Å². The van der Waals surface area contributed by atoms with Crippen LogP contribution in [0.15, 0.2) is 47.4 Å². The number of piperidine rings is 1. The number of methoxy groups -OCH3 is 1. The molecule has 2 aliphatic rings. The number of amides is 3. The second-order valence-corrected chi connectivity index (χ2v) is 9.37. The van der Waals surface area contributed by atoms with Crippen LogP contribution >= 0.6 is 23.4 Å². The number of likely N-dealkylation sites (tertiary alicyclic amines) is 1. The van der Waals surface area contributed by atoms with Gasteiger partial charge in [0.25, 0.3) is 11.1 Å². The minimum Gasteiger partial charge on any atom is -0.493 e. The number of thioether (sulfide) groups is 1. The summed E-state index contributed by atoms with van der Waals surface area (Å²) in [5.74, 6) is 0.232. The highest BCUT2D eigenvalue weighted by Crippen LogP contribution is 2.38. The number of benzene rings is 2. The summed E-state index contributed by atoms with van der Waals surface area (Å²) in [5, 5.41) is 0.126. The Bertz CT molecular complexity index is 1130. The molecule has 2 aromatic carbocycles. The van der Waals surface area contributed by atoms with Crippen LogP contribution in [0.4, 0.5) is 4.79 Å². The van der Waals surface area contributed by atoms with Gasteiger partial charge in [-0.1, -0.05) is 41.9 Å². The van der Waals surface area contributed by atoms with Gasteiger partial charge in [0.2, 0.25) is 5.91 Å². The fraction of sp³-hybridized carbons (Fsp3) is 0.320. The van der Waals surface area contributed by atoms with Crippen molar-refractivity contribution in [2.75, 3.05) is 26.7 Å². The van der Waals surface area contributed by atoms with E-state index in [1.165, 1.54) is 7.11 Å². The SMILES string of the molecule is COc1cccc(/C=C2\SC(=O)N(CC(=O)N3CCCCC3)C2=O)c1OCc1ccccc1Cl. The van der Waals surface area contributed by atoms with Crippen molar-refractivity contribution < 1.29 is 23.9 Å². The largest absolute Gasteiger partial charge is 0.493 e. The monoisotopic (exact) mass is 500 g/mol. The van der Waals surface area contributed by atoms with Gasteiger partial charge in [-0.15, -0.1) is 0 Å². The zero-order valence-electron chi connectivity index (χ0n) is 18.8. The molecule has 0 atom stereocenters. The first kappa shape index (κ1) is 24.2. The third-order valence-corrected chi connectivity index (χ3v) is 7.00. The third kappa shape index (κ3) is 5.39. The number of hydrogen-bond acceptors (Lipinski definition) is 6. The molecule has 9 heteroatoms. The molecule has 2 aromatic rings. The number of hydrogen-bond donors (Lipinski definition) is 0. The predicted octanol–water partition coefficient (Wildman–Crippen LogP) is 4.98. The fourth-order valence-electron chi connectivity index (χ4n) is 3.88. The molecule has 2 fully saturated rings. The number of rotatable bonds is 7. The molecule has 4 rings (SSSR count). The highest BCUT2D eigenvalue weighted by atomic mass is 35.5. The molecule has 0 aromatic heterocycles. The second kappa shape index (κ2) is 11.0. The van der Waals surface area contributed by atoms with E-state index in [9.17, 15) is 14.4 Å².